The highest BCUT2D eigenvalue weighted by atomic mass is 16.3. The summed E-state index contributed by atoms with van der Waals surface area (Å²) in [6.07, 6.45) is 2.83. The lowest BCUT2D eigenvalue weighted by molar-refractivity contribution is 0.0901. The Morgan fingerprint density at radius 1 is 1.09 bits per heavy atom. The van der Waals surface area contributed by atoms with Gasteiger partial charge in [-0.15, -0.1) is 0 Å². The molecule has 114 valence electrons. The minimum atomic E-state index is 0.0923. The molecule has 2 aromatic carbocycles. The van der Waals surface area contributed by atoms with Crippen LogP contribution in [0.15, 0.2) is 48.5 Å². The van der Waals surface area contributed by atoms with E-state index in [9.17, 15) is 9.90 Å². The maximum absolute atomic E-state index is 12.5. The maximum atomic E-state index is 12.5. The van der Waals surface area contributed by atoms with Crippen LogP contribution in [0.2, 0.25) is 0 Å². The summed E-state index contributed by atoms with van der Waals surface area (Å²) in [5.74, 6) is 0.664. The number of hydrogen-bond acceptors (Lipinski definition) is 3. The lowest BCUT2D eigenvalue weighted by atomic mass is 9.83. The van der Waals surface area contributed by atoms with E-state index in [1.54, 1.807) is 12.1 Å². The number of hydrogen-bond donors (Lipinski definition) is 2. The summed E-state index contributed by atoms with van der Waals surface area (Å²) in [4.78, 5) is 12.5. The monoisotopic (exact) mass is 295 g/mol. The molecule has 0 bridgehead atoms. The second kappa shape index (κ2) is 6.75. The number of Topliss-reactive ketones (excluding diaryl/α,β-unsaturated/α-hetero) is 1. The van der Waals surface area contributed by atoms with Crippen LogP contribution in [0.25, 0.3) is 0 Å². The zero-order chi connectivity index (χ0) is 15.4. The molecule has 3 rings (SSSR count). The fraction of sp³-hybridized carbons (Fsp3) is 0.316. The third kappa shape index (κ3) is 3.37. The third-order valence-corrected chi connectivity index (χ3v) is 4.33. The Morgan fingerprint density at radius 3 is 2.68 bits per heavy atom. The van der Waals surface area contributed by atoms with Crippen molar-refractivity contribution in [3.8, 4) is 5.75 Å². The van der Waals surface area contributed by atoms with Gasteiger partial charge in [-0.2, -0.15) is 0 Å². The van der Waals surface area contributed by atoms with E-state index < -0.39 is 0 Å². The zero-order valence-corrected chi connectivity index (χ0v) is 12.6. The van der Waals surface area contributed by atoms with Crippen LogP contribution >= 0.6 is 0 Å². The molecule has 0 heterocycles. The minimum Gasteiger partial charge on any atom is -0.508 e. The Bertz CT molecular complexity index is 649. The van der Waals surface area contributed by atoms with Crippen LogP contribution < -0.4 is 5.32 Å². The van der Waals surface area contributed by atoms with Gasteiger partial charge in [-0.3, -0.25) is 4.79 Å². The molecule has 0 aromatic heterocycles. The second-order valence-electron chi connectivity index (χ2n) is 5.88. The molecule has 1 aliphatic rings. The van der Waals surface area contributed by atoms with E-state index in [2.05, 4.69) is 11.4 Å². The third-order valence-electron chi connectivity index (χ3n) is 4.33. The summed E-state index contributed by atoms with van der Waals surface area (Å²) in [7, 11) is 0. The van der Waals surface area contributed by atoms with Crippen LogP contribution in [0.5, 0.6) is 5.75 Å². The van der Waals surface area contributed by atoms with Crippen LogP contribution in [0.1, 0.15) is 27.9 Å². The average molecular weight is 295 g/mol. The van der Waals surface area contributed by atoms with Gasteiger partial charge in [0.25, 0.3) is 0 Å². The van der Waals surface area contributed by atoms with E-state index in [-0.39, 0.29) is 11.7 Å². The smallest absolute Gasteiger partial charge is 0.167 e. The van der Waals surface area contributed by atoms with Crippen LogP contribution in [-0.2, 0) is 12.8 Å². The van der Waals surface area contributed by atoms with Crippen LogP contribution in [0.3, 0.4) is 0 Å². The molecule has 3 heteroatoms. The number of phenolic OH excluding ortho intramolecular Hbond substituents is 1. The quantitative estimate of drug-likeness (QED) is 0.834. The van der Waals surface area contributed by atoms with Gasteiger partial charge in [-0.1, -0.05) is 36.4 Å². The van der Waals surface area contributed by atoms with Crippen molar-refractivity contribution in [3.05, 3.63) is 65.2 Å². The number of nitrogens with one attached hydrogen (secondary N) is 1. The van der Waals surface area contributed by atoms with Gasteiger partial charge in [-0.25, -0.2) is 0 Å². The number of rotatable bonds is 5. The molecule has 1 atom stereocenters. The topological polar surface area (TPSA) is 49.3 Å². The van der Waals surface area contributed by atoms with E-state index in [1.165, 1.54) is 11.1 Å². The summed E-state index contributed by atoms with van der Waals surface area (Å²) in [5.41, 5.74) is 3.28. The van der Waals surface area contributed by atoms with Crippen molar-refractivity contribution in [1.29, 1.82) is 0 Å². The summed E-state index contributed by atoms with van der Waals surface area (Å²) >= 11 is 0. The predicted octanol–water partition coefficient (Wildman–Crippen LogP) is 2.97. The number of fused-ring (bicyclic) bond motifs is 1. The highest BCUT2D eigenvalue weighted by Gasteiger charge is 2.26. The second-order valence-corrected chi connectivity index (χ2v) is 5.88. The molecule has 0 spiro atoms. The first-order valence-corrected chi connectivity index (χ1v) is 7.85. The minimum absolute atomic E-state index is 0.0923. The number of carbonyl (C=O) groups excluding carboxylic acids is 1. The normalized spacial score (nSPS) is 17.3. The lowest BCUT2D eigenvalue weighted by Crippen LogP contribution is -2.33. The molecular weight excluding hydrogens is 274 g/mol. The van der Waals surface area contributed by atoms with E-state index in [4.69, 9.17) is 0 Å². The Kier molecular flexibility index (Phi) is 4.54. The fourth-order valence-electron chi connectivity index (χ4n) is 3.03. The van der Waals surface area contributed by atoms with Crippen molar-refractivity contribution < 1.29 is 9.90 Å². The molecule has 1 aliphatic carbocycles. The van der Waals surface area contributed by atoms with Crippen LogP contribution in [0.4, 0.5) is 0 Å². The fourth-order valence-corrected chi connectivity index (χ4v) is 3.03. The summed E-state index contributed by atoms with van der Waals surface area (Å²) in [5, 5.41) is 12.7. The Hall–Kier alpha value is -2.13. The number of aromatic hydroxyl groups is 1. The molecule has 0 amide bonds. The Morgan fingerprint density at radius 2 is 1.86 bits per heavy atom. The molecule has 0 saturated heterocycles. The highest BCUT2D eigenvalue weighted by Crippen LogP contribution is 2.24. The number of phenols is 1. The summed E-state index contributed by atoms with van der Waals surface area (Å²) in [6, 6.07) is 15.2. The summed E-state index contributed by atoms with van der Waals surface area (Å²) in [6.45, 7) is 1.58. The van der Waals surface area contributed by atoms with Gasteiger partial charge >= 0.3 is 0 Å². The van der Waals surface area contributed by atoms with Crippen LogP contribution in [-0.4, -0.2) is 24.0 Å². The molecular formula is C19H21NO2. The first kappa shape index (κ1) is 14.8. The van der Waals surface area contributed by atoms with Crippen molar-refractivity contribution in [2.45, 2.75) is 19.3 Å². The molecule has 1 unspecified atom stereocenters. The van der Waals surface area contributed by atoms with Gasteiger partial charge in [0.1, 0.15) is 5.75 Å². The first-order valence-electron chi connectivity index (χ1n) is 7.85. The number of carbonyl (C=O) groups is 1. The zero-order valence-electron chi connectivity index (χ0n) is 12.6. The van der Waals surface area contributed by atoms with E-state index in [0.717, 1.165) is 37.9 Å². The number of aryl methyl sites for hydroxylation is 1. The van der Waals surface area contributed by atoms with Gasteiger partial charge in [0.15, 0.2) is 5.78 Å². The van der Waals surface area contributed by atoms with Gasteiger partial charge < -0.3 is 10.4 Å². The van der Waals surface area contributed by atoms with E-state index >= 15 is 0 Å². The number of benzene rings is 2. The lowest BCUT2D eigenvalue weighted by Gasteiger charge is -2.23. The highest BCUT2D eigenvalue weighted by molar-refractivity contribution is 6.00. The van der Waals surface area contributed by atoms with Crippen molar-refractivity contribution in [1.82, 2.24) is 5.32 Å². The molecule has 0 radical (unpaired) electrons. The van der Waals surface area contributed by atoms with Gasteiger partial charge in [0.2, 0.25) is 0 Å². The SMILES string of the molecule is O=C1c2ccccc2CCC1CNCCc1ccc(O)cc1. The predicted molar refractivity (Wildman–Crippen MR) is 87.3 cm³/mol. The molecule has 2 N–H and O–H groups in total. The van der Waals surface area contributed by atoms with Gasteiger partial charge in [0, 0.05) is 18.0 Å². The molecule has 3 nitrogen and oxygen atoms in total. The van der Waals surface area contributed by atoms with Crippen LogP contribution in [0, 0.1) is 5.92 Å². The largest absolute Gasteiger partial charge is 0.508 e. The van der Waals surface area contributed by atoms with E-state index in [1.807, 2.05) is 30.3 Å². The molecule has 22 heavy (non-hydrogen) atoms. The van der Waals surface area contributed by atoms with Crippen molar-refractivity contribution in [2.75, 3.05) is 13.1 Å². The van der Waals surface area contributed by atoms with Gasteiger partial charge in [0.05, 0.1) is 0 Å². The standard InChI is InChI=1S/C19H21NO2/c21-17-9-5-14(6-10-17)11-12-20-13-16-8-7-15-3-1-2-4-18(15)19(16)22/h1-6,9-10,16,20-21H,7-8,11-13H2. The maximum Gasteiger partial charge on any atom is 0.167 e. The van der Waals surface area contributed by atoms with Crippen molar-refractivity contribution in [2.24, 2.45) is 5.92 Å². The summed E-state index contributed by atoms with van der Waals surface area (Å²) < 4.78 is 0. The molecule has 0 saturated carbocycles. The van der Waals surface area contributed by atoms with E-state index in [0.29, 0.717) is 5.75 Å². The van der Waals surface area contributed by atoms with Crippen molar-refractivity contribution in [3.63, 3.8) is 0 Å². The van der Waals surface area contributed by atoms with Gasteiger partial charge in [-0.05, 0) is 49.1 Å². The number of ketones is 1. The Labute approximate surface area is 131 Å². The molecule has 2 aromatic rings. The molecule has 0 aliphatic heterocycles. The van der Waals surface area contributed by atoms with Crippen molar-refractivity contribution >= 4 is 5.78 Å². The molecule has 0 fully saturated rings. The first-order chi connectivity index (χ1) is 10.7. The average Bonchev–Trinajstić information content (AvgIpc) is 2.55. The Balaban J connectivity index is 1.48.